The van der Waals surface area contributed by atoms with Gasteiger partial charge in [0, 0.05) is 37.4 Å². The van der Waals surface area contributed by atoms with Crippen molar-refractivity contribution in [3.63, 3.8) is 0 Å². The summed E-state index contributed by atoms with van der Waals surface area (Å²) < 4.78 is 5.38. The molecule has 1 N–H and O–H groups in total. The standard InChI is InChI=1S/C13H21N3O/c1-4-11-9(2)15-12(16-13(11)14-3)10-5-7-17-8-6-10/h10H,4-8H2,1-3H3,(H,14,15,16). The van der Waals surface area contributed by atoms with Crippen molar-refractivity contribution in [2.24, 2.45) is 0 Å². The second-order valence-corrected chi connectivity index (χ2v) is 4.48. The van der Waals surface area contributed by atoms with Crippen LogP contribution in [0.5, 0.6) is 0 Å². The summed E-state index contributed by atoms with van der Waals surface area (Å²) in [6, 6.07) is 0. The first-order valence-electron chi connectivity index (χ1n) is 6.39. The number of hydrogen-bond acceptors (Lipinski definition) is 4. The molecule has 0 aromatic carbocycles. The molecule has 1 aliphatic rings. The molecule has 0 unspecified atom stereocenters. The summed E-state index contributed by atoms with van der Waals surface area (Å²) in [6.45, 7) is 5.87. The van der Waals surface area contributed by atoms with Crippen LogP contribution in [0.2, 0.25) is 0 Å². The molecule has 1 aromatic heterocycles. The molecule has 1 aromatic rings. The highest BCUT2D eigenvalue weighted by Crippen LogP contribution is 2.27. The van der Waals surface area contributed by atoms with Crippen LogP contribution in [0, 0.1) is 6.92 Å². The molecule has 0 amide bonds. The molecule has 1 fully saturated rings. The van der Waals surface area contributed by atoms with Crippen molar-refractivity contribution in [2.75, 3.05) is 25.6 Å². The van der Waals surface area contributed by atoms with Crippen molar-refractivity contribution in [3.05, 3.63) is 17.1 Å². The van der Waals surface area contributed by atoms with Gasteiger partial charge in [-0.25, -0.2) is 9.97 Å². The fraction of sp³-hybridized carbons (Fsp3) is 0.692. The van der Waals surface area contributed by atoms with Gasteiger partial charge < -0.3 is 10.1 Å². The number of aryl methyl sites for hydroxylation is 1. The van der Waals surface area contributed by atoms with E-state index < -0.39 is 0 Å². The van der Waals surface area contributed by atoms with E-state index in [-0.39, 0.29) is 0 Å². The molecule has 2 rings (SSSR count). The van der Waals surface area contributed by atoms with E-state index >= 15 is 0 Å². The van der Waals surface area contributed by atoms with Crippen LogP contribution in [-0.2, 0) is 11.2 Å². The Morgan fingerprint density at radius 3 is 2.59 bits per heavy atom. The van der Waals surface area contributed by atoms with Gasteiger partial charge in [0.2, 0.25) is 0 Å². The first-order valence-corrected chi connectivity index (χ1v) is 6.39. The topological polar surface area (TPSA) is 47.0 Å². The van der Waals surface area contributed by atoms with Gasteiger partial charge in [-0.3, -0.25) is 0 Å². The van der Waals surface area contributed by atoms with Gasteiger partial charge in [-0.15, -0.1) is 0 Å². The molecule has 17 heavy (non-hydrogen) atoms. The van der Waals surface area contributed by atoms with Crippen molar-refractivity contribution < 1.29 is 4.74 Å². The molecule has 1 saturated heterocycles. The fourth-order valence-electron chi connectivity index (χ4n) is 2.39. The lowest BCUT2D eigenvalue weighted by atomic mass is 9.99. The zero-order chi connectivity index (χ0) is 12.3. The summed E-state index contributed by atoms with van der Waals surface area (Å²) in [4.78, 5) is 9.34. The third-order valence-corrected chi connectivity index (χ3v) is 3.41. The normalized spacial score (nSPS) is 17.1. The number of rotatable bonds is 3. The van der Waals surface area contributed by atoms with Crippen LogP contribution in [0.15, 0.2) is 0 Å². The predicted molar refractivity (Wildman–Crippen MR) is 68.5 cm³/mol. The summed E-state index contributed by atoms with van der Waals surface area (Å²) >= 11 is 0. The molecule has 0 atom stereocenters. The first kappa shape index (κ1) is 12.3. The van der Waals surface area contributed by atoms with E-state index in [1.54, 1.807) is 0 Å². The highest BCUT2D eigenvalue weighted by atomic mass is 16.5. The minimum absolute atomic E-state index is 0.459. The van der Waals surface area contributed by atoms with Gasteiger partial charge in [-0.05, 0) is 26.2 Å². The summed E-state index contributed by atoms with van der Waals surface area (Å²) in [7, 11) is 1.93. The fourth-order valence-corrected chi connectivity index (χ4v) is 2.39. The number of aromatic nitrogens is 2. The predicted octanol–water partition coefficient (Wildman–Crippen LogP) is 2.28. The van der Waals surface area contributed by atoms with Crippen LogP contribution < -0.4 is 5.32 Å². The van der Waals surface area contributed by atoms with E-state index in [2.05, 4.69) is 29.1 Å². The van der Waals surface area contributed by atoms with Gasteiger partial charge >= 0.3 is 0 Å². The smallest absolute Gasteiger partial charge is 0.134 e. The maximum absolute atomic E-state index is 5.38. The second kappa shape index (κ2) is 5.45. The van der Waals surface area contributed by atoms with Crippen LogP contribution in [-0.4, -0.2) is 30.2 Å². The highest BCUT2D eigenvalue weighted by molar-refractivity contribution is 5.46. The Bertz CT molecular complexity index is 386. The van der Waals surface area contributed by atoms with Gasteiger partial charge in [0.25, 0.3) is 0 Å². The lowest BCUT2D eigenvalue weighted by Crippen LogP contribution is -2.18. The molecule has 1 aliphatic heterocycles. The second-order valence-electron chi connectivity index (χ2n) is 4.48. The highest BCUT2D eigenvalue weighted by Gasteiger charge is 2.20. The summed E-state index contributed by atoms with van der Waals surface area (Å²) in [5, 5.41) is 3.18. The average Bonchev–Trinajstić information content (AvgIpc) is 2.38. The molecule has 0 spiro atoms. The molecule has 4 nitrogen and oxygen atoms in total. The van der Waals surface area contributed by atoms with Crippen molar-refractivity contribution in [1.82, 2.24) is 9.97 Å². The number of anilines is 1. The molecule has 0 radical (unpaired) electrons. The molecule has 0 saturated carbocycles. The Kier molecular flexibility index (Phi) is 3.94. The van der Waals surface area contributed by atoms with Crippen molar-refractivity contribution >= 4 is 5.82 Å². The van der Waals surface area contributed by atoms with Gasteiger partial charge in [0.05, 0.1) is 0 Å². The van der Waals surface area contributed by atoms with Crippen molar-refractivity contribution in [3.8, 4) is 0 Å². The van der Waals surface area contributed by atoms with E-state index in [0.717, 1.165) is 49.8 Å². The Hall–Kier alpha value is -1.16. The zero-order valence-electron chi connectivity index (χ0n) is 10.9. The summed E-state index contributed by atoms with van der Waals surface area (Å²) in [5.41, 5.74) is 2.33. The molecule has 2 heterocycles. The van der Waals surface area contributed by atoms with Crippen LogP contribution in [0.1, 0.15) is 42.8 Å². The van der Waals surface area contributed by atoms with Crippen LogP contribution >= 0.6 is 0 Å². The summed E-state index contributed by atoms with van der Waals surface area (Å²) in [5.74, 6) is 2.43. The molecular formula is C13H21N3O. The van der Waals surface area contributed by atoms with Gasteiger partial charge in [0.1, 0.15) is 11.6 Å². The SMILES string of the molecule is CCc1c(C)nc(C2CCOCC2)nc1NC. The monoisotopic (exact) mass is 235 g/mol. The summed E-state index contributed by atoms with van der Waals surface area (Å²) in [6.07, 6.45) is 3.04. The third kappa shape index (κ3) is 2.57. The van der Waals surface area contributed by atoms with Crippen LogP contribution in [0.3, 0.4) is 0 Å². The molecule has 94 valence electrons. The number of nitrogens with zero attached hydrogens (tertiary/aromatic N) is 2. The molecule has 4 heteroatoms. The number of ether oxygens (including phenoxy) is 1. The molecule has 0 aliphatic carbocycles. The van der Waals surface area contributed by atoms with Crippen molar-refractivity contribution in [2.45, 2.75) is 39.0 Å². The molecular weight excluding hydrogens is 214 g/mol. The van der Waals surface area contributed by atoms with E-state index in [1.807, 2.05) is 7.05 Å². The minimum Gasteiger partial charge on any atom is -0.381 e. The average molecular weight is 235 g/mol. The lowest BCUT2D eigenvalue weighted by Gasteiger charge is -2.22. The zero-order valence-corrected chi connectivity index (χ0v) is 10.9. The Morgan fingerprint density at radius 2 is 2.00 bits per heavy atom. The van der Waals surface area contributed by atoms with E-state index in [9.17, 15) is 0 Å². The molecule has 0 bridgehead atoms. The number of nitrogens with one attached hydrogen (secondary N) is 1. The Balaban J connectivity index is 2.31. The maximum atomic E-state index is 5.38. The number of hydrogen-bond donors (Lipinski definition) is 1. The first-order chi connectivity index (χ1) is 8.26. The van der Waals surface area contributed by atoms with E-state index in [0.29, 0.717) is 5.92 Å². The largest absolute Gasteiger partial charge is 0.381 e. The van der Waals surface area contributed by atoms with Crippen molar-refractivity contribution in [1.29, 1.82) is 0 Å². The van der Waals surface area contributed by atoms with E-state index in [1.165, 1.54) is 5.56 Å². The maximum Gasteiger partial charge on any atom is 0.134 e. The third-order valence-electron chi connectivity index (χ3n) is 3.41. The van der Waals surface area contributed by atoms with Gasteiger partial charge in [0.15, 0.2) is 0 Å². The Morgan fingerprint density at radius 1 is 1.29 bits per heavy atom. The lowest BCUT2D eigenvalue weighted by molar-refractivity contribution is 0.0835. The minimum atomic E-state index is 0.459. The van der Waals surface area contributed by atoms with Crippen LogP contribution in [0.4, 0.5) is 5.82 Å². The van der Waals surface area contributed by atoms with Crippen LogP contribution in [0.25, 0.3) is 0 Å². The quantitative estimate of drug-likeness (QED) is 0.873. The van der Waals surface area contributed by atoms with E-state index in [4.69, 9.17) is 4.74 Å². The Labute approximate surface area is 103 Å². The van der Waals surface area contributed by atoms with Gasteiger partial charge in [-0.1, -0.05) is 6.92 Å². The van der Waals surface area contributed by atoms with Gasteiger partial charge in [-0.2, -0.15) is 0 Å².